The molecular formula is C10H19N3O5. The lowest BCUT2D eigenvalue weighted by Crippen LogP contribution is -2.52. The molecule has 0 aromatic heterocycles. The number of carbonyl (C=O) groups is 3. The van der Waals surface area contributed by atoms with Crippen molar-refractivity contribution in [3.63, 3.8) is 0 Å². The molecule has 0 aromatic carbocycles. The first-order chi connectivity index (χ1) is 8.29. The summed E-state index contributed by atoms with van der Waals surface area (Å²) in [7, 11) is 3.09. The van der Waals surface area contributed by atoms with Gasteiger partial charge in [-0.05, 0) is 6.92 Å². The fourth-order valence-electron chi connectivity index (χ4n) is 1.23. The molecule has 0 aliphatic heterocycles. The van der Waals surface area contributed by atoms with Gasteiger partial charge in [0.05, 0.1) is 0 Å². The molecule has 0 saturated carbocycles. The molecule has 0 saturated heterocycles. The molecule has 0 spiro atoms. The number of hydrogen-bond acceptors (Lipinski definition) is 4. The Kier molecular flexibility index (Phi) is 6.73. The maximum atomic E-state index is 11.5. The van der Waals surface area contributed by atoms with E-state index in [-0.39, 0.29) is 18.9 Å². The highest BCUT2D eigenvalue weighted by Crippen LogP contribution is 1.93. The Hall–Kier alpha value is -1.83. The van der Waals surface area contributed by atoms with Crippen LogP contribution in [0.25, 0.3) is 0 Å². The van der Waals surface area contributed by atoms with Gasteiger partial charge < -0.3 is 25.7 Å². The van der Waals surface area contributed by atoms with Crippen LogP contribution in [0.1, 0.15) is 13.3 Å². The van der Waals surface area contributed by atoms with Crippen LogP contribution in [0, 0.1) is 0 Å². The number of rotatable bonds is 6. The number of likely N-dealkylation sites (N-methyl/N-ethyl adjacent to an activating group) is 1. The van der Waals surface area contributed by atoms with E-state index in [4.69, 9.17) is 10.2 Å². The molecule has 4 N–H and O–H groups in total. The van der Waals surface area contributed by atoms with Crippen molar-refractivity contribution in [3.05, 3.63) is 0 Å². The van der Waals surface area contributed by atoms with Crippen molar-refractivity contribution in [1.82, 2.24) is 15.5 Å². The second-order valence-corrected chi connectivity index (χ2v) is 3.98. The van der Waals surface area contributed by atoms with Crippen molar-refractivity contribution in [2.24, 2.45) is 0 Å². The number of carbonyl (C=O) groups excluding carboxylic acids is 2. The van der Waals surface area contributed by atoms with Crippen LogP contribution in [0.15, 0.2) is 0 Å². The second kappa shape index (κ2) is 7.49. The number of carboxylic acids is 1. The zero-order chi connectivity index (χ0) is 14.3. The zero-order valence-electron chi connectivity index (χ0n) is 10.6. The van der Waals surface area contributed by atoms with Gasteiger partial charge in [-0.15, -0.1) is 0 Å². The molecule has 2 atom stereocenters. The molecule has 104 valence electrons. The fourth-order valence-corrected chi connectivity index (χ4v) is 1.23. The first kappa shape index (κ1) is 16.2. The van der Waals surface area contributed by atoms with E-state index < -0.39 is 24.1 Å². The van der Waals surface area contributed by atoms with Crippen LogP contribution in [0.5, 0.6) is 0 Å². The third-order valence-electron chi connectivity index (χ3n) is 2.18. The van der Waals surface area contributed by atoms with Gasteiger partial charge in [0.15, 0.2) is 0 Å². The van der Waals surface area contributed by atoms with E-state index in [0.29, 0.717) is 0 Å². The Morgan fingerprint density at radius 1 is 1.22 bits per heavy atom. The lowest BCUT2D eigenvalue weighted by Gasteiger charge is -2.20. The van der Waals surface area contributed by atoms with Crippen LogP contribution in [-0.2, 0) is 9.59 Å². The summed E-state index contributed by atoms with van der Waals surface area (Å²) < 4.78 is 0. The minimum Gasteiger partial charge on any atom is -0.480 e. The highest BCUT2D eigenvalue weighted by molar-refractivity contribution is 5.88. The second-order valence-electron chi connectivity index (χ2n) is 3.98. The largest absolute Gasteiger partial charge is 0.480 e. The number of aliphatic hydroxyl groups excluding tert-OH is 1. The first-order valence-corrected chi connectivity index (χ1v) is 5.41. The number of aliphatic carboxylic acids is 1. The van der Waals surface area contributed by atoms with E-state index in [1.165, 1.54) is 11.8 Å². The van der Waals surface area contributed by atoms with Gasteiger partial charge in [-0.25, -0.2) is 9.59 Å². The molecule has 0 aliphatic carbocycles. The molecule has 0 heterocycles. The molecule has 0 bridgehead atoms. The summed E-state index contributed by atoms with van der Waals surface area (Å²) in [6.07, 6.45) is -0.0985. The fraction of sp³-hybridized carbons (Fsp3) is 0.700. The summed E-state index contributed by atoms with van der Waals surface area (Å²) in [5, 5.41) is 21.9. The van der Waals surface area contributed by atoms with Gasteiger partial charge >= 0.3 is 12.0 Å². The highest BCUT2D eigenvalue weighted by atomic mass is 16.4. The zero-order valence-corrected chi connectivity index (χ0v) is 10.6. The minimum absolute atomic E-state index is 0.0985. The maximum Gasteiger partial charge on any atom is 0.326 e. The third kappa shape index (κ3) is 5.48. The SMILES string of the molecule is CC(NC(=O)N[C@H](CCO)C(=O)O)C(=O)N(C)C. The average molecular weight is 261 g/mol. The van der Waals surface area contributed by atoms with Crippen molar-refractivity contribution in [1.29, 1.82) is 0 Å². The van der Waals surface area contributed by atoms with Crippen LogP contribution >= 0.6 is 0 Å². The average Bonchev–Trinajstić information content (AvgIpc) is 2.26. The molecule has 3 amide bonds. The third-order valence-corrected chi connectivity index (χ3v) is 2.18. The van der Waals surface area contributed by atoms with Crippen LogP contribution in [-0.4, -0.2) is 65.8 Å². The summed E-state index contributed by atoms with van der Waals surface area (Å²) in [5.74, 6) is -1.55. The van der Waals surface area contributed by atoms with Gasteiger partial charge in [0.2, 0.25) is 5.91 Å². The van der Waals surface area contributed by atoms with Gasteiger partial charge in [0.25, 0.3) is 0 Å². The topological polar surface area (TPSA) is 119 Å². The van der Waals surface area contributed by atoms with Crippen molar-refractivity contribution in [2.75, 3.05) is 20.7 Å². The standard InChI is InChI=1S/C10H19N3O5/c1-6(8(15)13(2)3)11-10(18)12-7(4-5-14)9(16)17/h6-7,14H,4-5H2,1-3H3,(H,16,17)(H2,11,12,18)/t6?,7-/m1/s1. The van der Waals surface area contributed by atoms with Gasteiger partial charge in [0, 0.05) is 27.1 Å². The lowest BCUT2D eigenvalue weighted by molar-refractivity contribution is -0.139. The van der Waals surface area contributed by atoms with Crippen molar-refractivity contribution < 1.29 is 24.6 Å². The normalized spacial score (nSPS) is 13.3. The van der Waals surface area contributed by atoms with Crippen molar-refractivity contribution in [3.8, 4) is 0 Å². The van der Waals surface area contributed by atoms with E-state index >= 15 is 0 Å². The summed E-state index contributed by atoms with van der Waals surface area (Å²) >= 11 is 0. The number of aliphatic hydroxyl groups is 1. The molecule has 8 heteroatoms. The smallest absolute Gasteiger partial charge is 0.326 e. The Morgan fingerprint density at radius 3 is 2.17 bits per heavy atom. The molecule has 0 fully saturated rings. The first-order valence-electron chi connectivity index (χ1n) is 5.41. The Bertz CT molecular complexity index is 319. The van der Waals surface area contributed by atoms with Crippen molar-refractivity contribution in [2.45, 2.75) is 25.4 Å². The molecule has 0 radical (unpaired) electrons. The molecule has 1 unspecified atom stereocenters. The van der Waals surface area contributed by atoms with Crippen molar-refractivity contribution >= 4 is 17.9 Å². The van der Waals surface area contributed by atoms with E-state index in [2.05, 4.69) is 10.6 Å². The van der Waals surface area contributed by atoms with Crippen LogP contribution < -0.4 is 10.6 Å². The predicted molar refractivity (Wildman–Crippen MR) is 63.0 cm³/mol. The van der Waals surface area contributed by atoms with Gasteiger partial charge in [-0.2, -0.15) is 0 Å². The lowest BCUT2D eigenvalue weighted by atomic mass is 10.2. The molecular weight excluding hydrogens is 242 g/mol. The summed E-state index contributed by atoms with van der Waals surface area (Å²) in [6, 6.07) is -2.71. The van der Waals surface area contributed by atoms with Crippen LogP contribution in [0.4, 0.5) is 4.79 Å². The molecule has 0 rings (SSSR count). The Balaban J connectivity index is 4.32. The Labute approximate surface area is 105 Å². The molecule has 0 aromatic rings. The molecule has 0 aliphatic rings. The minimum atomic E-state index is -1.24. The van der Waals surface area contributed by atoms with E-state index in [0.717, 1.165) is 0 Å². The molecule has 8 nitrogen and oxygen atoms in total. The quantitative estimate of drug-likeness (QED) is 0.469. The summed E-state index contributed by atoms with van der Waals surface area (Å²) in [6.45, 7) is 1.13. The monoisotopic (exact) mass is 261 g/mol. The maximum absolute atomic E-state index is 11.5. The number of carboxylic acid groups (broad SMARTS) is 1. The van der Waals surface area contributed by atoms with Crippen LogP contribution in [0.3, 0.4) is 0 Å². The summed E-state index contributed by atoms with van der Waals surface area (Å²) in [5.41, 5.74) is 0. The van der Waals surface area contributed by atoms with Gasteiger partial charge in [0.1, 0.15) is 12.1 Å². The van der Waals surface area contributed by atoms with E-state index in [1.54, 1.807) is 14.1 Å². The van der Waals surface area contributed by atoms with Gasteiger partial charge in [-0.1, -0.05) is 0 Å². The van der Waals surface area contributed by atoms with E-state index in [9.17, 15) is 14.4 Å². The molecule has 18 heavy (non-hydrogen) atoms. The number of urea groups is 1. The number of nitrogens with one attached hydrogen (secondary N) is 2. The predicted octanol–water partition coefficient (Wildman–Crippen LogP) is -1.40. The number of amides is 3. The Morgan fingerprint density at radius 2 is 1.78 bits per heavy atom. The number of hydrogen-bond donors (Lipinski definition) is 4. The highest BCUT2D eigenvalue weighted by Gasteiger charge is 2.22. The van der Waals surface area contributed by atoms with E-state index in [1.807, 2.05) is 0 Å². The number of nitrogens with zero attached hydrogens (tertiary/aromatic N) is 1. The van der Waals surface area contributed by atoms with Gasteiger partial charge in [-0.3, -0.25) is 4.79 Å². The van der Waals surface area contributed by atoms with Crippen LogP contribution in [0.2, 0.25) is 0 Å². The summed E-state index contributed by atoms with van der Waals surface area (Å²) in [4.78, 5) is 34.9.